The molecule has 12 heavy (non-hydrogen) atoms. The summed E-state index contributed by atoms with van der Waals surface area (Å²) in [7, 11) is 0. The fraction of sp³-hybridized carbons (Fsp3) is 0.143. The van der Waals surface area contributed by atoms with Gasteiger partial charge >= 0.3 is 6.18 Å². The molecule has 1 aromatic rings. The van der Waals surface area contributed by atoms with Crippen LogP contribution in [-0.2, 0) is 6.18 Å². The fourth-order valence-electron chi connectivity index (χ4n) is 0.744. The van der Waals surface area contributed by atoms with Crippen molar-refractivity contribution in [2.24, 2.45) is 4.99 Å². The van der Waals surface area contributed by atoms with E-state index in [0.29, 0.717) is 0 Å². The van der Waals surface area contributed by atoms with Crippen LogP contribution in [0.3, 0.4) is 0 Å². The minimum absolute atomic E-state index is 0.384. The number of rotatable bonds is 1. The Morgan fingerprint density at radius 2 is 2.08 bits per heavy atom. The van der Waals surface area contributed by atoms with Gasteiger partial charge in [0.15, 0.2) is 5.82 Å². The molecule has 0 saturated heterocycles. The third kappa shape index (κ3) is 1.61. The maximum absolute atomic E-state index is 12.1. The molecule has 1 heterocycles. The van der Waals surface area contributed by atoms with Crippen molar-refractivity contribution >= 4 is 12.5 Å². The number of hydrogen-bond donors (Lipinski definition) is 0. The molecule has 0 atom stereocenters. The van der Waals surface area contributed by atoms with Crippen LogP contribution in [0.25, 0.3) is 0 Å². The predicted octanol–water partition coefficient (Wildman–Crippen LogP) is 2.43. The molecule has 1 aromatic heterocycles. The van der Waals surface area contributed by atoms with E-state index in [-0.39, 0.29) is 5.82 Å². The molecular formula is C7H5F3N2. The summed E-state index contributed by atoms with van der Waals surface area (Å²) in [5.74, 6) is -0.384. The van der Waals surface area contributed by atoms with Crippen LogP contribution in [0.15, 0.2) is 23.3 Å². The van der Waals surface area contributed by atoms with Gasteiger partial charge in [0.2, 0.25) is 0 Å². The molecule has 0 spiro atoms. The Balaban J connectivity index is 3.23. The van der Waals surface area contributed by atoms with Crippen molar-refractivity contribution in [3.05, 3.63) is 23.9 Å². The van der Waals surface area contributed by atoms with Crippen molar-refractivity contribution < 1.29 is 13.2 Å². The molecule has 1 rings (SSSR count). The Bertz CT molecular complexity index is 293. The molecule has 5 heteroatoms. The van der Waals surface area contributed by atoms with E-state index < -0.39 is 11.7 Å². The summed E-state index contributed by atoms with van der Waals surface area (Å²) in [6, 6.07) is 2.12. The van der Waals surface area contributed by atoms with Crippen molar-refractivity contribution in [2.45, 2.75) is 6.18 Å². The molecule has 2 nitrogen and oxygen atoms in total. The molecule has 0 aliphatic heterocycles. The Morgan fingerprint density at radius 3 is 2.50 bits per heavy atom. The molecule has 0 aliphatic carbocycles. The lowest BCUT2D eigenvalue weighted by Gasteiger charge is -2.07. The minimum Gasteiger partial charge on any atom is -0.245 e. The Kier molecular flexibility index (Phi) is 2.12. The van der Waals surface area contributed by atoms with Crippen LogP contribution in [0.4, 0.5) is 19.0 Å². The van der Waals surface area contributed by atoms with Gasteiger partial charge < -0.3 is 0 Å². The van der Waals surface area contributed by atoms with Gasteiger partial charge in [-0.2, -0.15) is 13.2 Å². The second-order valence-corrected chi connectivity index (χ2v) is 2.03. The Morgan fingerprint density at radius 1 is 1.42 bits per heavy atom. The van der Waals surface area contributed by atoms with Gasteiger partial charge in [0, 0.05) is 6.20 Å². The summed E-state index contributed by atoms with van der Waals surface area (Å²) in [5, 5.41) is 0. The summed E-state index contributed by atoms with van der Waals surface area (Å²) in [4.78, 5) is 6.57. The lowest BCUT2D eigenvalue weighted by Crippen LogP contribution is -2.05. The van der Waals surface area contributed by atoms with E-state index in [1.54, 1.807) is 0 Å². The summed E-state index contributed by atoms with van der Waals surface area (Å²) in [5.41, 5.74) is -0.861. The highest BCUT2D eigenvalue weighted by Gasteiger charge is 2.33. The number of halogens is 3. The quantitative estimate of drug-likeness (QED) is 0.600. The molecule has 0 fully saturated rings. The van der Waals surface area contributed by atoms with E-state index in [1.807, 2.05) is 0 Å². The fourth-order valence-corrected chi connectivity index (χ4v) is 0.744. The summed E-state index contributed by atoms with van der Waals surface area (Å²) >= 11 is 0. The van der Waals surface area contributed by atoms with Gasteiger partial charge in [-0.1, -0.05) is 0 Å². The first-order valence-electron chi connectivity index (χ1n) is 3.04. The summed E-state index contributed by atoms with van der Waals surface area (Å²) < 4.78 is 36.3. The van der Waals surface area contributed by atoms with Crippen LogP contribution in [0.1, 0.15) is 5.56 Å². The first-order chi connectivity index (χ1) is 5.55. The monoisotopic (exact) mass is 174 g/mol. The van der Waals surface area contributed by atoms with Crippen molar-refractivity contribution in [1.82, 2.24) is 4.98 Å². The zero-order valence-electron chi connectivity index (χ0n) is 5.97. The predicted molar refractivity (Wildman–Crippen MR) is 38.4 cm³/mol. The van der Waals surface area contributed by atoms with Crippen LogP contribution in [-0.4, -0.2) is 11.7 Å². The number of pyridine rings is 1. The normalized spacial score (nSPS) is 11.2. The lowest BCUT2D eigenvalue weighted by molar-refractivity contribution is -0.137. The van der Waals surface area contributed by atoms with E-state index in [9.17, 15) is 13.2 Å². The summed E-state index contributed by atoms with van der Waals surface area (Å²) in [6.45, 7) is 2.99. The molecule has 0 bridgehead atoms. The highest BCUT2D eigenvalue weighted by atomic mass is 19.4. The average molecular weight is 174 g/mol. The first-order valence-corrected chi connectivity index (χ1v) is 3.04. The molecule has 0 aliphatic rings. The third-order valence-corrected chi connectivity index (χ3v) is 1.24. The second-order valence-electron chi connectivity index (χ2n) is 2.03. The third-order valence-electron chi connectivity index (χ3n) is 1.24. The molecule has 0 unspecified atom stereocenters. The zero-order chi connectivity index (χ0) is 9.19. The molecule has 0 saturated carbocycles. The van der Waals surface area contributed by atoms with Crippen LogP contribution in [0.2, 0.25) is 0 Å². The maximum atomic E-state index is 12.1. The average Bonchev–Trinajstić information content (AvgIpc) is 2.03. The van der Waals surface area contributed by atoms with Crippen molar-refractivity contribution in [3.63, 3.8) is 0 Å². The van der Waals surface area contributed by atoms with E-state index in [1.165, 1.54) is 12.3 Å². The van der Waals surface area contributed by atoms with E-state index >= 15 is 0 Å². The van der Waals surface area contributed by atoms with Crippen molar-refractivity contribution in [3.8, 4) is 0 Å². The van der Waals surface area contributed by atoms with Crippen molar-refractivity contribution in [2.75, 3.05) is 0 Å². The van der Waals surface area contributed by atoms with Crippen LogP contribution in [0, 0.1) is 0 Å². The largest absolute Gasteiger partial charge is 0.420 e. The zero-order valence-corrected chi connectivity index (χ0v) is 5.97. The number of aliphatic imine (C=N–C) groups is 1. The van der Waals surface area contributed by atoms with Gasteiger partial charge in [-0.25, -0.2) is 9.98 Å². The van der Waals surface area contributed by atoms with Crippen LogP contribution < -0.4 is 0 Å². The molecule has 64 valence electrons. The molecule has 0 amide bonds. The standard InChI is InChI=1S/C7H5F3N2/c1-11-6-5(7(8,9)10)3-2-4-12-6/h2-4H,1H2. The van der Waals surface area contributed by atoms with Gasteiger partial charge in [0.1, 0.15) is 5.56 Å². The molecular weight excluding hydrogens is 169 g/mol. The first kappa shape index (κ1) is 8.70. The molecule has 0 N–H and O–H groups in total. The van der Waals surface area contributed by atoms with Gasteiger partial charge in [-0.15, -0.1) is 0 Å². The molecule has 0 radical (unpaired) electrons. The topological polar surface area (TPSA) is 25.2 Å². The number of alkyl halides is 3. The van der Waals surface area contributed by atoms with Crippen LogP contribution in [0.5, 0.6) is 0 Å². The highest BCUT2D eigenvalue weighted by Crippen LogP contribution is 2.34. The van der Waals surface area contributed by atoms with Gasteiger partial charge in [0.25, 0.3) is 0 Å². The summed E-state index contributed by atoms with van der Waals surface area (Å²) in [6.07, 6.45) is -3.18. The minimum atomic E-state index is -4.41. The maximum Gasteiger partial charge on any atom is 0.420 e. The molecule has 0 aromatic carbocycles. The lowest BCUT2D eigenvalue weighted by atomic mass is 10.2. The van der Waals surface area contributed by atoms with Gasteiger partial charge in [-0.05, 0) is 18.9 Å². The second kappa shape index (κ2) is 2.92. The van der Waals surface area contributed by atoms with Crippen molar-refractivity contribution in [1.29, 1.82) is 0 Å². The Hall–Kier alpha value is -1.39. The Labute approximate surface area is 66.8 Å². The SMILES string of the molecule is C=Nc1ncccc1C(F)(F)F. The number of aromatic nitrogens is 1. The smallest absolute Gasteiger partial charge is 0.245 e. The van der Waals surface area contributed by atoms with E-state index in [4.69, 9.17) is 0 Å². The van der Waals surface area contributed by atoms with Crippen LogP contribution >= 0.6 is 0 Å². The van der Waals surface area contributed by atoms with E-state index in [2.05, 4.69) is 16.7 Å². The van der Waals surface area contributed by atoms with Gasteiger partial charge in [0.05, 0.1) is 0 Å². The number of hydrogen-bond acceptors (Lipinski definition) is 2. The van der Waals surface area contributed by atoms with E-state index in [0.717, 1.165) is 6.07 Å². The highest BCUT2D eigenvalue weighted by molar-refractivity contribution is 5.46. The number of nitrogens with zero attached hydrogens (tertiary/aromatic N) is 2. The van der Waals surface area contributed by atoms with Gasteiger partial charge in [-0.3, -0.25) is 0 Å².